The van der Waals surface area contributed by atoms with E-state index in [1.807, 2.05) is 18.3 Å². The van der Waals surface area contributed by atoms with E-state index in [-0.39, 0.29) is 5.75 Å². The highest BCUT2D eigenvalue weighted by Gasteiger charge is 2.11. The monoisotopic (exact) mass is 240 g/mol. The standard InChI is InChI=1S/C13H12N4O/c14-5-8-4-11(17-16-6-8)9-7-15-10-2-1-3-12(18)13(9)10/h1-4,6-7,15,18H,5,14H2. The van der Waals surface area contributed by atoms with E-state index in [1.54, 1.807) is 18.3 Å². The minimum atomic E-state index is 0.226. The fourth-order valence-electron chi connectivity index (χ4n) is 2.02. The number of H-pyrrole nitrogens is 1. The van der Waals surface area contributed by atoms with E-state index in [4.69, 9.17) is 5.73 Å². The average molecular weight is 240 g/mol. The van der Waals surface area contributed by atoms with Gasteiger partial charge in [0.25, 0.3) is 0 Å². The van der Waals surface area contributed by atoms with Crippen molar-refractivity contribution in [1.29, 1.82) is 0 Å². The predicted molar refractivity (Wildman–Crippen MR) is 68.9 cm³/mol. The summed E-state index contributed by atoms with van der Waals surface area (Å²) in [6.07, 6.45) is 3.45. The van der Waals surface area contributed by atoms with E-state index in [0.717, 1.165) is 22.0 Å². The number of fused-ring (bicyclic) bond motifs is 1. The molecule has 0 unspecified atom stereocenters. The summed E-state index contributed by atoms with van der Waals surface area (Å²) in [5.41, 5.74) is 8.89. The summed E-state index contributed by atoms with van der Waals surface area (Å²) in [6.45, 7) is 0.414. The topological polar surface area (TPSA) is 87.8 Å². The molecule has 0 aliphatic carbocycles. The molecule has 0 radical (unpaired) electrons. The number of phenolic OH excluding ortho intramolecular Hbond substituents is 1. The van der Waals surface area contributed by atoms with Gasteiger partial charge in [-0.25, -0.2) is 0 Å². The van der Waals surface area contributed by atoms with Crippen LogP contribution in [0, 0.1) is 0 Å². The largest absolute Gasteiger partial charge is 0.507 e. The second-order valence-electron chi connectivity index (χ2n) is 4.06. The van der Waals surface area contributed by atoms with Crippen LogP contribution >= 0.6 is 0 Å². The number of rotatable bonds is 2. The lowest BCUT2D eigenvalue weighted by Gasteiger charge is -2.01. The molecule has 0 aliphatic heterocycles. The van der Waals surface area contributed by atoms with Crippen molar-refractivity contribution in [1.82, 2.24) is 15.2 Å². The molecule has 0 atom stereocenters. The van der Waals surface area contributed by atoms with Crippen LogP contribution in [-0.4, -0.2) is 20.3 Å². The molecule has 5 heteroatoms. The van der Waals surface area contributed by atoms with Gasteiger partial charge in [-0.3, -0.25) is 0 Å². The summed E-state index contributed by atoms with van der Waals surface area (Å²) in [5.74, 6) is 0.226. The van der Waals surface area contributed by atoms with Crippen molar-refractivity contribution in [2.24, 2.45) is 5.73 Å². The van der Waals surface area contributed by atoms with Gasteiger partial charge in [0.1, 0.15) is 5.75 Å². The van der Waals surface area contributed by atoms with E-state index < -0.39 is 0 Å². The SMILES string of the molecule is NCc1cnnc(-c2c[nH]c3cccc(O)c23)c1. The molecule has 1 aromatic carbocycles. The Morgan fingerprint density at radius 3 is 3.06 bits per heavy atom. The van der Waals surface area contributed by atoms with Gasteiger partial charge in [-0.1, -0.05) is 6.07 Å². The molecule has 3 rings (SSSR count). The van der Waals surface area contributed by atoms with E-state index in [2.05, 4.69) is 15.2 Å². The summed E-state index contributed by atoms with van der Waals surface area (Å²) in [7, 11) is 0. The highest BCUT2D eigenvalue weighted by molar-refractivity contribution is 5.98. The maximum Gasteiger partial charge on any atom is 0.125 e. The molecule has 2 heterocycles. The van der Waals surface area contributed by atoms with Gasteiger partial charge in [-0.2, -0.15) is 10.2 Å². The van der Waals surface area contributed by atoms with E-state index in [0.29, 0.717) is 12.2 Å². The first-order valence-electron chi connectivity index (χ1n) is 5.60. The molecule has 18 heavy (non-hydrogen) atoms. The normalized spacial score (nSPS) is 10.9. The van der Waals surface area contributed by atoms with Crippen molar-refractivity contribution in [2.75, 3.05) is 0 Å². The number of aromatic amines is 1. The van der Waals surface area contributed by atoms with Gasteiger partial charge in [0.05, 0.1) is 17.3 Å². The van der Waals surface area contributed by atoms with E-state index in [9.17, 15) is 5.11 Å². The summed E-state index contributed by atoms with van der Waals surface area (Å²) in [4.78, 5) is 3.11. The molecular weight excluding hydrogens is 228 g/mol. The van der Waals surface area contributed by atoms with Crippen LogP contribution in [0.5, 0.6) is 5.75 Å². The molecule has 5 nitrogen and oxygen atoms in total. The zero-order chi connectivity index (χ0) is 12.5. The van der Waals surface area contributed by atoms with Gasteiger partial charge in [-0.05, 0) is 23.8 Å². The Hall–Kier alpha value is -2.40. The number of phenols is 1. The summed E-state index contributed by atoms with van der Waals surface area (Å²) in [6, 6.07) is 7.22. The highest BCUT2D eigenvalue weighted by Crippen LogP contribution is 2.33. The number of aromatic hydroxyl groups is 1. The van der Waals surface area contributed by atoms with Crippen molar-refractivity contribution in [3.8, 4) is 17.0 Å². The lowest BCUT2D eigenvalue weighted by atomic mass is 10.1. The molecule has 0 amide bonds. The fraction of sp³-hybridized carbons (Fsp3) is 0.0769. The molecule has 0 bridgehead atoms. The van der Waals surface area contributed by atoms with Gasteiger partial charge in [0.2, 0.25) is 0 Å². The Morgan fingerprint density at radius 2 is 2.22 bits per heavy atom. The molecule has 0 fully saturated rings. The molecule has 0 spiro atoms. The Balaban J connectivity index is 2.25. The van der Waals surface area contributed by atoms with Crippen LogP contribution in [0.15, 0.2) is 36.7 Å². The third-order valence-electron chi connectivity index (χ3n) is 2.91. The van der Waals surface area contributed by atoms with Crippen LogP contribution in [0.1, 0.15) is 5.56 Å². The summed E-state index contributed by atoms with van der Waals surface area (Å²) in [5, 5.41) is 18.7. The van der Waals surface area contributed by atoms with Crippen molar-refractivity contribution in [2.45, 2.75) is 6.54 Å². The Bertz CT molecular complexity index is 705. The molecule has 0 aliphatic rings. The van der Waals surface area contributed by atoms with Crippen LogP contribution in [0.2, 0.25) is 0 Å². The lowest BCUT2D eigenvalue weighted by Crippen LogP contribution is -1.98. The predicted octanol–water partition coefficient (Wildman–Crippen LogP) is 1.79. The van der Waals surface area contributed by atoms with E-state index >= 15 is 0 Å². The number of hydrogen-bond donors (Lipinski definition) is 3. The quantitative estimate of drug-likeness (QED) is 0.637. The lowest BCUT2D eigenvalue weighted by molar-refractivity contribution is 0.482. The smallest absolute Gasteiger partial charge is 0.125 e. The molecule has 90 valence electrons. The Labute approximate surface area is 103 Å². The minimum Gasteiger partial charge on any atom is -0.507 e. The number of hydrogen-bond acceptors (Lipinski definition) is 4. The first-order valence-corrected chi connectivity index (χ1v) is 5.60. The van der Waals surface area contributed by atoms with Crippen LogP contribution in [0.3, 0.4) is 0 Å². The van der Waals surface area contributed by atoms with Crippen molar-refractivity contribution in [3.05, 3.63) is 42.2 Å². The number of nitrogens with two attached hydrogens (primary N) is 1. The maximum atomic E-state index is 9.94. The zero-order valence-electron chi connectivity index (χ0n) is 9.59. The number of nitrogens with zero attached hydrogens (tertiary/aromatic N) is 2. The highest BCUT2D eigenvalue weighted by atomic mass is 16.3. The second kappa shape index (κ2) is 4.12. The molecule has 0 saturated heterocycles. The molecule has 4 N–H and O–H groups in total. The van der Waals surface area contributed by atoms with Crippen LogP contribution in [0.4, 0.5) is 0 Å². The van der Waals surface area contributed by atoms with Crippen LogP contribution < -0.4 is 5.73 Å². The van der Waals surface area contributed by atoms with Gasteiger partial charge < -0.3 is 15.8 Å². The van der Waals surface area contributed by atoms with Crippen molar-refractivity contribution in [3.63, 3.8) is 0 Å². The number of nitrogens with one attached hydrogen (secondary N) is 1. The van der Waals surface area contributed by atoms with E-state index in [1.165, 1.54) is 0 Å². The molecule has 0 saturated carbocycles. The third kappa shape index (κ3) is 1.61. The van der Waals surface area contributed by atoms with Crippen molar-refractivity contribution < 1.29 is 5.11 Å². The van der Waals surface area contributed by atoms with Gasteiger partial charge >= 0.3 is 0 Å². The molecular formula is C13H12N4O. The van der Waals surface area contributed by atoms with Gasteiger partial charge in [0.15, 0.2) is 0 Å². The Morgan fingerprint density at radius 1 is 1.33 bits per heavy atom. The third-order valence-corrected chi connectivity index (χ3v) is 2.91. The molecule has 3 aromatic rings. The summed E-state index contributed by atoms with van der Waals surface area (Å²) < 4.78 is 0. The van der Waals surface area contributed by atoms with Crippen LogP contribution in [-0.2, 0) is 6.54 Å². The molecule has 2 aromatic heterocycles. The fourth-order valence-corrected chi connectivity index (χ4v) is 2.02. The zero-order valence-corrected chi connectivity index (χ0v) is 9.59. The Kier molecular flexibility index (Phi) is 2.46. The van der Waals surface area contributed by atoms with Gasteiger partial charge in [-0.15, -0.1) is 0 Å². The average Bonchev–Trinajstić information content (AvgIpc) is 2.84. The first-order chi connectivity index (χ1) is 8.79. The first kappa shape index (κ1) is 10.7. The number of aromatic nitrogens is 3. The second-order valence-corrected chi connectivity index (χ2v) is 4.06. The van der Waals surface area contributed by atoms with Crippen molar-refractivity contribution >= 4 is 10.9 Å². The minimum absolute atomic E-state index is 0.226. The maximum absolute atomic E-state index is 9.94. The summed E-state index contributed by atoms with van der Waals surface area (Å²) >= 11 is 0. The number of benzene rings is 1. The van der Waals surface area contributed by atoms with Crippen LogP contribution in [0.25, 0.3) is 22.2 Å². The van der Waals surface area contributed by atoms with Gasteiger partial charge in [0, 0.05) is 23.8 Å².